The fourth-order valence-electron chi connectivity index (χ4n) is 3.95. The van der Waals surface area contributed by atoms with Crippen LogP contribution in [0.3, 0.4) is 0 Å². The Balaban J connectivity index is 1.67. The van der Waals surface area contributed by atoms with E-state index in [1.54, 1.807) is 4.90 Å². The molecule has 3 aromatic rings. The maximum absolute atomic E-state index is 14.7. The first-order valence-electron chi connectivity index (χ1n) is 11.3. The summed E-state index contributed by atoms with van der Waals surface area (Å²) in [6, 6.07) is 4.60. The zero-order valence-corrected chi connectivity index (χ0v) is 19.4. The summed E-state index contributed by atoms with van der Waals surface area (Å²) in [4.78, 5) is 27.2. The minimum absolute atomic E-state index is 0.00939. The number of benzene rings is 1. The van der Waals surface area contributed by atoms with E-state index in [0.717, 1.165) is 18.2 Å². The minimum atomic E-state index is -2.76. The lowest BCUT2D eigenvalue weighted by atomic mass is 9.98. The Morgan fingerprint density at radius 2 is 1.74 bits per heavy atom. The molecule has 3 heterocycles. The molecule has 0 unspecified atom stereocenters. The molecule has 184 valence electrons. The number of carbonyl (C=O) groups is 1. The van der Waals surface area contributed by atoms with Gasteiger partial charge in [0.15, 0.2) is 0 Å². The molecule has 1 N–H and O–H groups in total. The van der Waals surface area contributed by atoms with Gasteiger partial charge in [0.05, 0.1) is 5.56 Å². The van der Waals surface area contributed by atoms with Gasteiger partial charge in [0.2, 0.25) is 0 Å². The van der Waals surface area contributed by atoms with E-state index >= 15 is 0 Å². The second-order valence-corrected chi connectivity index (χ2v) is 8.80. The summed E-state index contributed by atoms with van der Waals surface area (Å²) in [6.45, 7) is 3.86. The maximum Gasteiger partial charge on any atom is 0.254 e. The number of anilines is 1. The van der Waals surface area contributed by atoms with Crippen LogP contribution in [0.1, 0.15) is 54.4 Å². The number of halogens is 4. The molecular formula is C25H25F4N5O. The van der Waals surface area contributed by atoms with E-state index in [1.807, 2.05) is 13.8 Å². The SMILES string of the molecule is CC(C)c1ncc(C(=O)NCc2c(-c3cc(F)ccc3F)ccnc2N2CCC(F)(F)CC2)cn1. The third-order valence-corrected chi connectivity index (χ3v) is 5.92. The van der Waals surface area contributed by atoms with Crippen molar-refractivity contribution >= 4 is 11.7 Å². The van der Waals surface area contributed by atoms with Crippen molar-refractivity contribution in [1.82, 2.24) is 20.3 Å². The van der Waals surface area contributed by atoms with Gasteiger partial charge in [0, 0.05) is 68.1 Å². The summed E-state index contributed by atoms with van der Waals surface area (Å²) in [5, 5.41) is 2.75. The maximum atomic E-state index is 14.7. The molecule has 1 amide bonds. The molecule has 0 spiro atoms. The number of pyridine rings is 1. The van der Waals surface area contributed by atoms with Crippen molar-refractivity contribution in [2.75, 3.05) is 18.0 Å². The van der Waals surface area contributed by atoms with Crippen molar-refractivity contribution in [3.8, 4) is 11.1 Å². The molecule has 4 rings (SSSR count). The highest BCUT2D eigenvalue weighted by Crippen LogP contribution is 2.35. The first kappa shape index (κ1) is 24.6. The highest BCUT2D eigenvalue weighted by atomic mass is 19.3. The van der Waals surface area contributed by atoms with Gasteiger partial charge in [0.25, 0.3) is 11.8 Å². The van der Waals surface area contributed by atoms with Gasteiger partial charge < -0.3 is 10.2 Å². The lowest BCUT2D eigenvalue weighted by Crippen LogP contribution is -2.40. The third-order valence-electron chi connectivity index (χ3n) is 5.92. The summed E-state index contributed by atoms with van der Waals surface area (Å²) < 4.78 is 56.1. The Morgan fingerprint density at radius 3 is 2.40 bits per heavy atom. The monoisotopic (exact) mass is 487 g/mol. The minimum Gasteiger partial charge on any atom is -0.356 e. The summed E-state index contributed by atoms with van der Waals surface area (Å²) in [5.74, 6) is -3.47. The molecule has 0 atom stereocenters. The molecule has 2 aromatic heterocycles. The van der Waals surface area contributed by atoms with Gasteiger partial charge in [-0.25, -0.2) is 32.5 Å². The van der Waals surface area contributed by atoms with Crippen LogP contribution in [-0.4, -0.2) is 39.9 Å². The standard InChI is InChI=1S/C25H25F4N5O/c1-15(2)22-31-12-16(13-32-22)24(35)33-14-20-18(19-11-17(26)3-4-21(19)27)5-8-30-23(20)34-9-6-25(28,29)7-10-34/h3-5,8,11-13,15H,6-7,9-10,14H2,1-2H3,(H,33,35). The summed E-state index contributed by atoms with van der Waals surface area (Å²) in [5.41, 5.74) is 0.937. The van der Waals surface area contributed by atoms with E-state index in [4.69, 9.17) is 0 Å². The smallest absolute Gasteiger partial charge is 0.254 e. The van der Waals surface area contributed by atoms with Crippen LogP contribution in [0.2, 0.25) is 0 Å². The second kappa shape index (κ2) is 9.97. The Kier molecular flexibility index (Phi) is 7.00. The molecule has 35 heavy (non-hydrogen) atoms. The summed E-state index contributed by atoms with van der Waals surface area (Å²) in [6.07, 6.45) is 3.56. The number of alkyl halides is 2. The van der Waals surface area contributed by atoms with Crippen molar-refractivity contribution in [2.24, 2.45) is 0 Å². The topological polar surface area (TPSA) is 71.0 Å². The van der Waals surface area contributed by atoms with Crippen LogP contribution < -0.4 is 10.2 Å². The molecule has 0 radical (unpaired) electrons. The van der Waals surface area contributed by atoms with Crippen LogP contribution in [0, 0.1) is 11.6 Å². The predicted molar refractivity (Wildman–Crippen MR) is 123 cm³/mol. The fourth-order valence-corrected chi connectivity index (χ4v) is 3.95. The normalized spacial score (nSPS) is 15.3. The van der Waals surface area contributed by atoms with Crippen LogP contribution >= 0.6 is 0 Å². The number of amides is 1. The van der Waals surface area contributed by atoms with Crippen LogP contribution in [0.15, 0.2) is 42.9 Å². The molecule has 1 aliphatic heterocycles. The molecular weight excluding hydrogens is 462 g/mol. The predicted octanol–water partition coefficient (Wildman–Crippen LogP) is 5.11. The first-order valence-corrected chi connectivity index (χ1v) is 11.3. The molecule has 10 heteroatoms. The summed E-state index contributed by atoms with van der Waals surface area (Å²) in [7, 11) is 0. The largest absolute Gasteiger partial charge is 0.356 e. The Hall–Kier alpha value is -3.56. The summed E-state index contributed by atoms with van der Waals surface area (Å²) >= 11 is 0. The second-order valence-electron chi connectivity index (χ2n) is 8.80. The molecule has 0 bridgehead atoms. The molecule has 1 aliphatic rings. The number of rotatable bonds is 6. The van der Waals surface area contributed by atoms with Crippen LogP contribution in [-0.2, 0) is 6.54 Å². The van der Waals surface area contributed by atoms with E-state index in [1.165, 1.54) is 24.7 Å². The van der Waals surface area contributed by atoms with Crippen LogP contribution in [0.25, 0.3) is 11.1 Å². The van der Waals surface area contributed by atoms with Gasteiger partial charge in [-0.1, -0.05) is 13.8 Å². The zero-order chi connectivity index (χ0) is 25.2. The lowest BCUT2D eigenvalue weighted by molar-refractivity contribution is -0.0221. The van der Waals surface area contributed by atoms with Gasteiger partial charge in [-0.05, 0) is 29.8 Å². The Labute approximate surface area is 200 Å². The average molecular weight is 488 g/mol. The molecule has 1 aromatic carbocycles. The molecule has 0 saturated carbocycles. The van der Waals surface area contributed by atoms with Crippen molar-refractivity contribution in [2.45, 2.75) is 45.1 Å². The van der Waals surface area contributed by atoms with Crippen molar-refractivity contribution in [1.29, 1.82) is 0 Å². The fraction of sp³-hybridized carbons (Fsp3) is 0.360. The third kappa shape index (κ3) is 5.58. The Bertz CT molecular complexity index is 1210. The number of carbonyl (C=O) groups excluding carboxylic acids is 1. The Morgan fingerprint density at radius 1 is 1.06 bits per heavy atom. The molecule has 1 saturated heterocycles. The number of hydrogen-bond donors (Lipinski definition) is 1. The highest BCUT2D eigenvalue weighted by Gasteiger charge is 2.35. The van der Waals surface area contributed by atoms with Gasteiger partial charge in [-0.15, -0.1) is 0 Å². The van der Waals surface area contributed by atoms with Crippen molar-refractivity contribution in [3.05, 3.63) is 71.4 Å². The number of nitrogens with one attached hydrogen (secondary N) is 1. The number of piperidine rings is 1. The first-order chi connectivity index (χ1) is 16.6. The molecule has 0 aliphatic carbocycles. The zero-order valence-electron chi connectivity index (χ0n) is 19.4. The van der Waals surface area contributed by atoms with Crippen LogP contribution in [0.5, 0.6) is 0 Å². The number of hydrogen-bond acceptors (Lipinski definition) is 5. The van der Waals surface area contributed by atoms with E-state index < -0.39 is 23.5 Å². The van der Waals surface area contributed by atoms with Crippen LogP contribution in [0.4, 0.5) is 23.4 Å². The van der Waals surface area contributed by atoms with E-state index in [-0.39, 0.29) is 49.5 Å². The highest BCUT2D eigenvalue weighted by molar-refractivity contribution is 5.93. The van der Waals surface area contributed by atoms with Gasteiger partial charge in [-0.2, -0.15) is 0 Å². The van der Waals surface area contributed by atoms with Gasteiger partial charge in [0.1, 0.15) is 23.3 Å². The number of nitrogens with zero attached hydrogens (tertiary/aromatic N) is 4. The van der Waals surface area contributed by atoms with Gasteiger partial charge >= 0.3 is 0 Å². The quantitative estimate of drug-likeness (QED) is 0.490. The van der Waals surface area contributed by atoms with Gasteiger partial charge in [-0.3, -0.25) is 4.79 Å². The lowest BCUT2D eigenvalue weighted by Gasteiger charge is -2.34. The molecule has 6 nitrogen and oxygen atoms in total. The van der Waals surface area contributed by atoms with E-state index in [2.05, 4.69) is 20.3 Å². The van der Waals surface area contributed by atoms with E-state index in [0.29, 0.717) is 22.8 Å². The van der Waals surface area contributed by atoms with E-state index in [9.17, 15) is 22.4 Å². The van der Waals surface area contributed by atoms with Crippen molar-refractivity contribution in [3.63, 3.8) is 0 Å². The van der Waals surface area contributed by atoms with Crippen molar-refractivity contribution < 1.29 is 22.4 Å². The molecule has 1 fully saturated rings. The average Bonchev–Trinajstić information content (AvgIpc) is 2.84. The number of aromatic nitrogens is 3.